The molecule has 0 aliphatic heterocycles. The summed E-state index contributed by atoms with van der Waals surface area (Å²) in [6.07, 6.45) is -1.05. The van der Waals surface area contributed by atoms with Crippen LogP contribution < -0.4 is 10.6 Å². The fourth-order valence-corrected chi connectivity index (χ4v) is 1.27. The van der Waals surface area contributed by atoms with E-state index >= 15 is 0 Å². The first-order valence-corrected chi connectivity index (χ1v) is 5.35. The molecule has 0 fully saturated rings. The van der Waals surface area contributed by atoms with Crippen LogP contribution in [0.25, 0.3) is 0 Å². The Morgan fingerprint density at radius 2 is 2.17 bits per heavy atom. The van der Waals surface area contributed by atoms with E-state index in [-0.39, 0.29) is 13.1 Å². The van der Waals surface area contributed by atoms with Gasteiger partial charge in [-0.25, -0.2) is 9.59 Å². The Bertz CT molecular complexity index is 415. The molecular weight excluding hydrogens is 240 g/mol. The Labute approximate surface area is 104 Å². The Morgan fingerprint density at radius 1 is 1.44 bits per heavy atom. The van der Waals surface area contributed by atoms with Crippen molar-refractivity contribution in [2.75, 3.05) is 13.7 Å². The van der Waals surface area contributed by atoms with E-state index < -0.39 is 18.1 Å². The van der Waals surface area contributed by atoms with Crippen molar-refractivity contribution in [3.8, 4) is 0 Å². The van der Waals surface area contributed by atoms with Crippen LogP contribution in [0.4, 0.5) is 4.79 Å². The number of methoxy groups -OCH3 is 1. The number of carboxylic acid groups (broad SMARTS) is 1. The normalized spacial score (nSPS) is 11.9. The van der Waals surface area contributed by atoms with Crippen molar-refractivity contribution in [1.82, 2.24) is 10.6 Å². The molecule has 7 heteroatoms. The van der Waals surface area contributed by atoms with Gasteiger partial charge < -0.3 is 24.9 Å². The lowest BCUT2D eigenvalue weighted by Gasteiger charge is -2.11. The predicted molar refractivity (Wildman–Crippen MR) is 62.1 cm³/mol. The molecule has 1 heterocycles. The molecule has 1 aromatic rings. The van der Waals surface area contributed by atoms with Crippen LogP contribution in [0, 0.1) is 6.92 Å². The quantitative estimate of drug-likeness (QED) is 0.687. The molecule has 3 N–H and O–H groups in total. The van der Waals surface area contributed by atoms with Crippen molar-refractivity contribution in [3.63, 3.8) is 0 Å². The van der Waals surface area contributed by atoms with Crippen LogP contribution in [0.15, 0.2) is 16.5 Å². The molecule has 0 aromatic carbocycles. The van der Waals surface area contributed by atoms with Gasteiger partial charge in [0, 0.05) is 7.11 Å². The van der Waals surface area contributed by atoms with Gasteiger partial charge in [0.1, 0.15) is 11.5 Å². The second kappa shape index (κ2) is 6.65. The number of urea groups is 1. The van der Waals surface area contributed by atoms with E-state index in [1.54, 1.807) is 19.1 Å². The van der Waals surface area contributed by atoms with Crippen LogP contribution >= 0.6 is 0 Å². The van der Waals surface area contributed by atoms with Crippen molar-refractivity contribution in [2.24, 2.45) is 0 Å². The molecule has 1 atom stereocenters. The molecule has 0 radical (unpaired) electrons. The average molecular weight is 256 g/mol. The fourth-order valence-electron chi connectivity index (χ4n) is 1.27. The smallest absolute Gasteiger partial charge is 0.334 e. The molecule has 0 aliphatic rings. The number of hydrogen-bond donors (Lipinski definition) is 3. The number of carbonyl (C=O) groups excluding carboxylic acids is 1. The van der Waals surface area contributed by atoms with Gasteiger partial charge in [-0.2, -0.15) is 0 Å². The zero-order valence-corrected chi connectivity index (χ0v) is 10.2. The van der Waals surface area contributed by atoms with Crippen LogP contribution in [0.2, 0.25) is 0 Å². The number of nitrogens with one attached hydrogen (secondary N) is 2. The Hall–Kier alpha value is -2.02. The van der Waals surface area contributed by atoms with Gasteiger partial charge in [0.25, 0.3) is 0 Å². The number of furan rings is 1. The van der Waals surface area contributed by atoms with Gasteiger partial charge in [-0.3, -0.25) is 0 Å². The fraction of sp³-hybridized carbons (Fsp3) is 0.455. The minimum atomic E-state index is -1.13. The van der Waals surface area contributed by atoms with Crippen molar-refractivity contribution in [3.05, 3.63) is 23.7 Å². The second-order valence-electron chi connectivity index (χ2n) is 3.64. The minimum Gasteiger partial charge on any atom is -0.479 e. The zero-order chi connectivity index (χ0) is 13.5. The molecular formula is C11H16N2O5. The first kappa shape index (κ1) is 14.0. The number of carbonyl (C=O) groups is 2. The van der Waals surface area contributed by atoms with Crippen LogP contribution in [0.5, 0.6) is 0 Å². The van der Waals surface area contributed by atoms with Gasteiger partial charge in [-0.15, -0.1) is 0 Å². The van der Waals surface area contributed by atoms with Crippen LogP contribution in [0.1, 0.15) is 11.5 Å². The Morgan fingerprint density at radius 3 is 2.67 bits per heavy atom. The number of aryl methyl sites for hydroxylation is 1. The molecule has 0 aliphatic carbocycles. The van der Waals surface area contributed by atoms with Gasteiger partial charge in [0.15, 0.2) is 6.10 Å². The van der Waals surface area contributed by atoms with E-state index in [0.29, 0.717) is 5.76 Å². The summed E-state index contributed by atoms with van der Waals surface area (Å²) in [5.74, 6) is 0.265. The summed E-state index contributed by atoms with van der Waals surface area (Å²) in [4.78, 5) is 22.0. The van der Waals surface area contributed by atoms with Gasteiger partial charge in [-0.1, -0.05) is 0 Å². The summed E-state index contributed by atoms with van der Waals surface area (Å²) in [6.45, 7) is 1.94. The first-order valence-electron chi connectivity index (χ1n) is 5.35. The molecule has 7 nitrogen and oxygen atoms in total. The summed E-state index contributed by atoms with van der Waals surface area (Å²) in [6, 6.07) is 3.07. The number of amides is 2. The van der Waals surface area contributed by atoms with E-state index in [0.717, 1.165) is 5.76 Å². The number of ether oxygens (including phenoxy) is 1. The van der Waals surface area contributed by atoms with E-state index in [1.807, 2.05) is 0 Å². The summed E-state index contributed by atoms with van der Waals surface area (Å²) in [7, 11) is 1.27. The summed E-state index contributed by atoms with van der Waals surface area (Å²) in [5.41, 5.74) is 0. The monoisotopic (exact) mass is 256 g/mol. The van der Waals surface area contributed by atoms with Crippen LogP contribution in [-0.2, 0) is 16.1 Å². The second-order valence-corrected chi connectivity index (χ2v) is 3.64. The largest absolute Gasteiger partial charge is 0.479 e. The third kappa shape index (κ3) is 4.46. The number of carboxylic acids is 1. The van der Waals surface area contributed by atoms with Gasteiger partial charge in [0.05, 0.1) is 13.1 Å². The van der Waals surface area contributed by atoms with Crippen LogP contribution in [-0.4, -0.2) is 36.9 Å². The Kier molecular flexibility index (Phi) is 5.19. The number of rotatable bonds is 6. The molecule has 18 heavy (non-hydrogen) atoms. The standard InChI is InChI=1S/C11H16N2O5/c1-7-3-4-8(18-7)5-12-11(16)13-6-9(17-2)10(14)15/h3-4,9H,5-6H2,1-2H3,(H,14,15)(H2,12,13,16). The molecule has 0 spiro atoms. The number of hydrogen-bond acceptors (Lipinski definition) is 4. The van der Waals surface area contributed by atoms with Crippen molar-refractivity contribution >= 4 is 12.0 Å². The highest BCUT2D eigenvalue weighted by atomic mass is 16.5. The summed E-state index contributed by atoms with van der Waals surface area (Å²) < 4.78 is 9.93. The van der Waals surface area contributed by atoms with Crippen molar-refractivity contribution in [1.29, 1.82) is 0 Å². The molecule has 0 saturated heterocycles. The molecule has 0 saturated carbocycles. The van der Waals surface area contributed by atoms with E-state index in [1.165, 1.54) is 7.11 Å². The van der Waals surface area contributed by atoms with Gasteiger partial charge >= 0.3 is 12.0 Å². The predicted octanol–water partition coefficient (Wildman–Crippen LogP) is 0.487. The molecule has 100 valence electrons. The summed E-state index contributed by atoms with van der Waals surface area (Å²) in [5, 5.41) is 13.6. The van der Waals surface area contributed by atoms with Gasteiger partial charge in [-0.05, 0) is 19.1 Å². The van der Waals surface area contributed by atoms with Gasteiger partial charge in [0.2, 0.25) is 0 Å². The highest BCUT2D eigenvalue weighted by Gasteiger charge is 2.16. The molecule has 0 bridgehead atoms. The summed E-state index contributed by atoms with van der Waals surface area (Å²) >= 11 is 0. The lowest BCUT2D eigenvalue weighted by atomic mass is 10.3. The third-order valence-corrected chi connectivity index (χ3v) is 2.23. The molecule has 2 amide bonds. The maximum atomic E-state index is 11.4. The van der Waals surface area contributed by atoms with Crippen molar-refractivity contribution in [2.45, 2.75) is 19.6 Å². The Balaban J connectivity index is 2.27. The highest BCUT2D eigenvalue weighted by Crippen LogP contribution is 2.05. The third-order valence-electron chi connectivity index (χ3n) is 2.23. The molecule has 1 aromatic heterocycles. The minimum absolute atomic E-state index is 0.102. The SMILES string of the molecule is COC(CNC(=O)NCc1ccc(C)o1)C(=O)O. The molecule has 1 rings (SSSR count). The van der Waals surface area contributed by atoms with E-state index in [9.17, 15) is 9.59 Å². The first-order chi connectivity index (χ1) is 8.52. The van der Waals surface area contributed by atoms with E-state index in [2.05, 4.69) is 15.4 Å². The van der Waals surface area contributed by atoms with Crippen molar-refractivity contribution < 1.29 is 23.8 Å². The zero-order valence-electron chi connectivity index (χ0n) is 10.2. The highest BCUT2D eigenvalue weighted by molar-refractivity contribution is 5.76. The van der Waals surface area contributed by atoms with Crippen LogP contribution in [0.3, 0.4) is 0 Å². The maximum absolute atomic E-state index is 11.4. The maximum Gasteiger partial charge on any atom is 0.334 e. The topological polar surface area (TPSA) is 101 Å². The number of aliphatic carboxylic acids is 1. The molecule has 1 unspecified atom stereocenters. The average Bonchev–Trinajstić information content (AvgIpc) is 2.73. The lowest BCUT2D eigenvalue weighted by molar-refractivity contribution is -0.147. The van der Waals surface area contributed by atoms with E-state index in [4.69, 9.17) is 9.52 Å². The lowest BCUT2D eigenvalue weighted by Crippen LogP contribution is -2.42.